The van der Waals surface area contributed by atoms with Crippen molar-refractivity contribution in [3.05, 3.63) is 35.9 Å². The lowest BCUT2D eigenvalue weighted by Gasteiger charge is -2.12. The molecule has 0 aliphatic rings. The van der Waals surface area contributed by atoms with Gasteiger partial charge in [0.2, 0.25) is 5.88 Å². The van der Waals surface area contributed by atoms with Gasteiger partial charge in [0.1, 0.15) is 5.56 Å². The van der Waals surface area contributed by atoms with E-state index in [9.17, 15) is 4.79 Å². The lowest BCUT2D eigenvalue weighted by atomic mass is 10.1. The zero-order valence-corrected chi connectivity index (χ0v) is 11.2. The van der Waals surface area contributed by atoms with Crippen LogP contribution in [0.15, 0.2) is 29.2 Å². The van der Waals surface area contributed by atoms with E-state index >= 15 is 0 Å². The number of aryl methyl sites for hydroxylation is 1. The Bertz CT molecular complexity index is 545. The molecule has 2 heterocycles. The number of nitrogens with one attached hydrogen (secondary N) is 1. The van der Waals surface area contributed by atoms with Gasteiger partial charge in [0, 0.05) is 19.3 Å². The highest BCUT2D eigenvalue weighted by Gasteiger charge is 2.18. The maximum Gasteiger partial charge on any atom is 0.258 e. The van der Waals surface area contributed by atoms with Gasteiger partial charge < -0.3 is 14.5 Å². The van der Waals surface area contributed by atoms with Crippen LogP contribution in [0.3, 0.4) is 0 Å². The molecule has 1 N–H and O–H groups in total. The Kier molecular flexibility index (Phi) is 3.89. The second-order valence-corrected chi connectivity index (χ2v) is 4.44. The van der Waals surface area contributed by atoms with Crippen LogP contribution in [0.2, 0.25) is 0 Å². The Hall–Kier alpha value is -2.24. The van der Waals surface area contributed by atoms with Gasteiger partial charge in [0.15, 0.2) is 0 Å². The van der Waals surface area contributed by atoms with Gasteiger partial charge >= 0.3 is 0 Å². The van der Waals surface area contributed by atoms with Gasteiger partial charge in [-0.1, -0.05) is 0 Å². The van der Waals surface area contributed by atoms with Gasteiger partial charge in [-0.25, -0.2) is 0 Å². The van der Waals surface area contributed by atoms with Gasteiger partial charge in [0.25, 0.3) is 5.91 Å². The minimum Gasteiger partial charge on any atom is -0.479 e. The van der Waals surface area contributed by atoms with Crippen LogP contribution in [0.5, 0.6) is 5.88 Å². The fourth-order valence-electron chi connectivity index (χ4n) is 1.89. The topological polar surface area (TPSA) is 69.3 Å². The third-order valence-corrected chi connectivity index (χ3v) is 2.73. The maximum atomic E-state index is 12.1. The first kappa shape index (κ1) is 13.2. The smallest absolute Gasteiger partial charge is 0.258 e. The number of rotatable bonds is 5. The summed E-state index contributed by atoms with van der Waals surface area (Å²) < 4.78 is 11.6. The Morgan fingerprint density at radius 3 is 3.05 bits per heavy atom. The highest BCUT2D eigenvalue weighted by molar-refractivity contribution is 5.96. The van der Waals surface area contributed by atoms with E-state index in [-0.39, 0.29) is 11.9 Å². The predicted octanol–water partition coefficient (Wildman–Crippen LogP) is 1.38. The number of ether oxygens (including phenoxy) is 1. The van der Waals surface area contributed by atoms with E-state index in [0.29, 0.717) is 17.9 Å². The van der Waals surface area contributed by atoms with E-state index in [4.69, 9.17) is 9.15 Å². The number of carbonyl (C=O) groups is 1. The molecular weight excluding hydrogens is 246 g/mol. The number of methoxy groups -OCH3 is 1. The van der Waals surface area contributed by atoms with Crippen LogP contribution in [-0.4, -0.2) is 28.8 Å². The SMILES string of the molecule is COc1nn(C)cc1C(=O)N[C@@H](C)Cc1ccoc1. The molecule has 6 heteroatoms. The molecule has 6 nitrogen and oxygen atoms in total. The molecule has 2 aromatic heterocycles. The van der Waals surface area contributed by atoms with Crippen molar-refractivity contribution < 1.29 is 13.9 Å². The highest BCUT2D eigenvalue weighted by Crippen LogP contribution is 2.15. The summed E-state index contributed by atoms with van der Waals surface area (Å²) in [5.41, 5.74) is 1.48. The number of aromatic nitrogens is 2. The van der Waals surface area contributed by atoms with Crippen LogP contribution in [0.1, 0.15) is 22.8 Å². The molecule has 0 fully saturated rings. The van der Waals surface area contributed by atoms with Crippen LogP contribution in [0.4, 0.5) is 0 Å². The first-order valence-electron chi connectivity index (χ1n) is 5.99. The van der Waals surface area contributed by atoms with Gasteiger partial charge in [-0.3, -0.25) is 9.48 Å². The summed E-state index contributed by atoms with van der Waals surface area (Å²) >= 11 is 0. The number of hydrogen-bond donors (Lipinski definition) is 1. The zero-order chi connectivity index (χ0) is 13.8. The highest BCUT2D eigenvalue weighted by atomic mass is 16.5. The maximum absolute atomic E-state index is 12.1. The first-order chi connectivity index (χ1) is 9.10. The van der Waals surface area contributed by atoms with Gasteiger partial charge in [-0.15, -0.1) is 5.10 Å². The molecule has 0 bridgehead atoms. The number of hydrogen-bond acceptors (Lipinski definition) is 4. The molecule has 0 radical (unpaired) electrons. The molecule has 0 unspecified atom stereocenters. The van der Waals surface area contributed by atoms with Gasteiger partial charge in [-0.2, -0.15) is 0 Å². The summed E-state index contributed by atoms with van der Waals surface area (Å²) in [6.45, 7) is 1.94. The minimum atomic E-state index is -0.194. The van der Waals surface area contributed by atoms with Crippen molar-refractivity contribution in [2.75, 3.05) is 7.11 Å². The van der Waals surface area contributed by atoms with E-state index in [1.807, 2.05) is 13.0 Å². The number of amides is 1. The van der Waals surface area contributed by atoms with Gasteiger partial charge in [0.05, 0.1) is 19.6 Å². The standard InChI is InChI=1S/C13H17N3O3/c1-9(6-10-4-5-19-8-10)14-12(17)11-7-16(2)15-13(11)18-3/h4-5,7-9H,6H2,1-3H3,(H,14,17)/t9-/m0/s1. The van der Waals surface area contributed by atoms with Crippen molar-refractivity contribution in [2.24, 2.45) is 7.05 Å². The monoisotopic (exact) mass is 263 g/mol. The summed E-state index contributed by atoms with van der Waals surface area (Å²) in [5, 5.41) is 6.96. The van der Waals surface area contributed by atoms with E-state index in [0.717, 1.165) is 5.56 Å². The van der Waals surface area contributed by atoms with Crippen LogP contribution in [0, 0.1) is 0 Å². The van der Waals surface area contributed by atoms with Crippen LogP contribution in [0.25, 0.3) is 0 Å². The van der Waals surface area contributed by atoms with Crippen molar-refractivity contribution in [1.29, 1.82) is 0 Å². The molecule has 0 aliphatic heterocycles. The fraction of sp³-hybridized carbons (Fsp3) is 0.385. The van der Waals surface area contributed by atoms with Gasteiger partial charge in [-0.05, 0) is 25.0 Å². The summed E-state index contributed by atoms with van der Waals surface area (Å²) in [7, 11) is 3.24. The number of carbonyl (C=O) groups excluding carboxylic acids is 1. The van der Waals surface area contributed by atoms with Crippen LogP contribution >= 0.6 is 0 Å². The Morgan fingerprint density at radius 2 is 2.42 bits per heavy atom. The molecular formula is C13H17N3O3. The molecule has 2 rings (SSSR count). The molecule has 0 saturated carbocycles. The average Bonchev–Trinajstić information content (AvgIpc) is 2.97. The molecule has 19 heavy (non-hydrogen) atoms. The quantitative estimate of drug-likeness (QED) is 0.885. The second-order valence-electron chi connectivity index (χ2n) is 4.44. The Morgan fingerprint density at radius 1 is 1.63 bits per heavy atom. The molecule has 0 aromatic carbocycles. The summed E-state index contributed by atoms with van der Waals surface area (Å²) in [5.74, 6) is 0.136. The zero-order valence-electron chi connectivity index (χ0n) is 11.2. The van der Waals surface area contributed by atoms with Crippen LogP contribution in [-0.2, 0) is 13.5 Å². The largest absolute Gasteiger partial charge is 0.479 e. The molecule has 2 aromatic rings. The van der Waals surface area contributed by atoms with E-state index in [1.54, 1.807) is 30.5 Å². The van der Waals surface area contributed by atoms with E-state index in [2.05, 4.69) is 10.4 Å². The Balaban J connectivity index is 2.00. The molecule has 1 amide bonds. The van der Waals surface area contributed by atoms with Crippen molar-refractivity contribution in [3.63, 3.8) is 0 Å². The first-order valence-corrected chi connectivity index (χ1v) is 5.99. The van der Waals surface area contributed by atoms with Crippen LogP contribution < -0.4 is 10.1 Å². The third kappa shape index (κ3) is 3.15. The molecule has 0 saturated heterocycles. The average molecular weight is 263 g/mol. The number of nitrogens with zero attached hydrogens (tertiary/aromatic N) is 2. The second kappa shape index (κ2) is 5.60. The molecule has 102 valence electrons. The van der Waals surface area contributed by atoms with Crippen molar-refractivity contribution in [2.45, 2.75) is 19.4 Å². The molecule has 0 aliphatic carbocycles. The van der Waals surface area contributed by atoms with Crippen molar-refractivity contribution in [3.8, 4) is 5.88 Å². The van der Waals surface area contributed by atoms with E-state index in [1.165, 1.54) is 7.11 Å². The lowest BCUT2D eigenvalue weighted by Crippen LogP contribution is -2.34. The molecule has 1 atom stereocenters. The normalized spacial score (nSPS) is 12.2. The lowest BCUT2D eigenvalue weighted by molar-refractivity contribution is 0.0937. The van der Waals surface area contributed by atoms with E-state index < -0.39 is 0 Å². The van der Waals surface area contributed by atoms with Crippen molar-refractivity contribution >= 4 is 5.91 Å². The summed E-state index contributed by atoms with van der Waals surface area (Å²) in [4.78, 5) is 12.1. The Labute approximate surface area is 111 Å². The summed E-state index contributed by atoms with van der Waals surface area (Å²) in [6, 6.07) is 1.88. The fourth-order valence-corrected chi connectivity index (χ4v) is 1.89. The molecule has 0 spiro atoms. The summed E-state index contributed by atoms with van der Waals surface area (Å²) in [6.07, 6.45) is 5.64. The van der Waals surface area contributed by atoms with Crippen molar-refractivity contribution in [1.82, 2.24) is 15.1 Å². The number of furan rings is 1. The minimum absolute atomic E-state index is 0.00462. The predicted molar refractivity (Wildman–Crippen MR) is 69.1 cm³/mol. The third-order valence-electron chi connectivity index (χ3n) is 2.73.